The molecule has 76 valence electrons. The molecule has 1 heterocycles. The lowest BCUT2D eigenvalue weighted by Crippen LogP contribution is -2.34. The van der Waals surface area contributed by atoms with E-state index in [-0.39, 0.29) is 6.61 Å². The SMILES string of the molecule is O=C1OC[C@@H](CF)N1C1=CCCC=C1. The van der Waals surface area contributed by atoms with E-state index in [1.807, 2.05) is 18.2 Å². The van der Waals surface area contributed by atoms with Crippen molar-refractivity contribution < 1.29 is 13.9 Å². The van der Waals surface area contributed by atoms with Crippen molar-refractivity contribution in [2.75, 3.05) is 13.3 Å². The molecular weight excluding hydrogens is 185 g/mol. The second-order valence-electron chi connectivity index (χ2n) is 3.36. The van der Waals surface area contributed by atoms with Gasteiger partial charge in [0.05, 0.1) is 0 Å². The summed E-state index contributed by atoms with van der Waals surface area (Å²) in [4.78, 5) is 12.7. The summed E-state index contributed by atoms with van der Waals surface area (Å²) < 4.78 is 17.3. The predicted octanol–water partition coefficient (Wildman–Crippen LogP) is 2.01. The van der Waals surface area contributed by atoms with E-state index in [2.05, 4.69) is 0 Å². The number of allylic oxidation sites excluding steroid dienone is 3. The lowest BCUT2D eigenvalue weighted by Gasteiger charge is -2.21. The summed E-state index contributed by atoms with van der Waals surface area (Å²) in [7, 11) is 0. The van der Waals surface area contributed by atoms with Gasteiger partial charge in [-0.05, 0) is 18.9 Å². The number of amides is 1. The summed E-state index contributed by atoms with van der Waals surface area (Å²) in [5.74, 6) is 0. The quantitative estimate of drug-likeness (QED) is 0.677. The number of alkyl halides is 1. The molecule has 0 radical (unpaired) electrons. The largest absolute Gasteiger partial charge is 0.447 e. The predicted molar refractivity (Wildman–Crippen MR) is 49.4 cm³/mol. The third-order valence-corrected chi connectivity index (χ3v) is 2.39. The summed E-state index contributed by atoms with van der Waals surface area (Å²) in [5, 5.41) is 0. The Morgan fingerprint density at radius 3 is 3.07 bits per heavy atom. The maximum absolute atomic E-state index is 12.6. The maximum Gasteiger partial charge on any atom is 0.414 e. The zero-order chi connectivity index (χ0) is 9.97. The Labute approximate surface area is 81.8 Å². The molecule has 1 atom stereocenters. The summed E-state index contributed by atoms with van der Waals surface area (Å²) in [6, 6.07) is -0.448. The number of ether oxygens (including phenoxy) is 1. The van der Waals surface area contributed by atoms with E-state index in [0.717, 1.165) is 18.5 Å². The highest BCUT2D eigenvalue weighted by Gasteiger charge is 2.34. The van der Waals surface area contributed by atoms with Gasteiger partial charge >= 0.3 is 6.09 Å². The second kappa shape index (κ2) is 3.82. The average molecular weight is 197 g/mol. The van der Waals surface area contributed by atoms with E-state index in [1.54, 1.807) is 0 Å². The first-order valence-corrected chi connectivity index (χ1v) is 4.71. The molecule has 1 amide bonds. The number of cyclic esters (lactones) is 1. The maximum atomic E-state index is 12.6. The molecule has 0 bridgehead atoms. The molecule has 0 aromatic heterocycles. The van der Waals surface area contributed by atoms with Crippen molar-refractivity contribution in [2.45, 2.75) is 18.9 Å². The number of hydrogen-bond donors (Lipinski definition) is 0. The first kappa shape index (κ1) is 9.24. The Hall–Kier alpha value is -1.32. The Bertz CT molecular complexity index is 298. The normalized spacial score (nSPS) is 26.4. The molecule has 0 unspecified atom stereocenters. The zero-order valence-electron chi connectivity index (χ0n) is 7.78. The topological polar surface area (TPSA) is 29.5 Å². The minimum Gasteiger partial charge on any atom is -0.447 e. The fourth-order valence-electron chi connectivity index (χ4n) is 1.67. The zero-order valence-corrected chi connectivity index (χ0v) is 7.78. The fourth-order valence-corrected chi connectivity index (χ4v) is 1.67. The highest BCUT2D eigenvalue weighted by atomic mass is 19.1. The Balaban J connectivity index is 2.18. The highest BCUT2D eigenvalue weighted by molar-refractivity contribution is 5.73. The third-order valence-electron chi connectivity index (χ3n) is 2.39. The smallest absolute Gasteiger partial charge is 0.414 e. The van der Waals surface area contributed by atoms with Gasteiger partial charge in [0.1, 0.15) is 19.3 Å². The van der Waals surface area contributed by atoms with Crippen molar-refractivity contribution in [1.82, 2.24) is 4.90 Å². The Kier molecular flexibility index (Phi) is 2.52. The molecule has 1 aliphatic heterocycles. The van der Waals surface area contributed by atoms with Crippen molar-refractivity contribution in [1.29, 1.82) is 0 Å². The van der Waals surface area contributed by atoms with Gasteiger partial charge in [-0.2, -0.15) is 0 Å². The summed E-state index contributed by atoms with van der Waals surface area (Å²) in [6.07, 6.45) is 7.20. The summed E-state index contributed by atoms with van der Waals surface area (Å²) in [6.45, 7) is -0.405. The van der Waals surface area contributed by atoms with Gasteiger partial charge in [0.25, 0.3) is 0 Å². The molecule has 2 rings (SSSR count). The molecule has 1 saturated heterocycles. The minimum atomic E-state index is -0.559. The van der Waals surface area contributed by atoms with Crippen LogP contribution in [0.25, 0.3) is 0 Å². The van der Waals surface area contributed by atoms with Crippen LogP contribution in [-0.2, 0) is 4.74 Å². The molecule has 0 saturated carbocycles. The van der Waals surface area contributed by atoms with Crippen molar-refractivity contribution >= 4 is 6.09 Å². The van der Waals surface area contributed by atoms with Crippen LogP contribution in [0.5, 0.6) is 0 Å². The van der Waals surface area contributed by atoms with E-state index < -0.39 is 18.8 Å². The molecule has 0 N–H and O–H groups in total. The van der Waals surface area contributed by atoms with Gasteiger partial charge < -0.3 is 4.74 Å². The van der Waals surface area contributed by atoms with Crippen molar-refractivity contribution in [2.24, 2.45) is 0 Å². The molecule has 1 aliphatic carbocycles. The molecule has 1 fully saturated rings. The van der Waals surface area contributed by atoms with Gasteiger partial charge in [-0.1, -0.05) is 12.2 Å². The molecule has 0 spiro atoms. The molecule has 2 aliphatic rings. The van der Waals surface area contributed by atoms with Crippen LogP contribution in [-0.4, -0.2) is 30.3 Å². The van der Waals surface area contributed by atoms with Crippen LogP contribution < -0.4 is 0 Å². The van der Waals surface area contributed by atoms with Crippen LogP contribution in [0, 0.1) is 0 Å². The number of rotatable bonds is 2. The molecule has 3 nitrogen and oxygen atoms in total. The van der Waals surface area contributed by atoms with Crippen LogP contribution >= 0.6 is 0 Å². The number of nitrogens with zero attached hydrogens (tertiary/aromatic N) is 1. The Morgan fingerprint density at radius 1 is 1.57 bits per heavy atom. The van der Waals surface area contributed by atoms with Crippen LogP contribution in [0.2, 0.25) is 0 Å². The molecular formula is C10H12FNO2. The summed E-state index contributed by atoms with van der Waals surface area (Å²) in [5.41, 5.74) is 0.765. The lowest BCUT2D eigenvalue weighted by atomic mass is 10.1. The highest BCUT2D eigenvalue weighted by Crippen LogP contribution is 2.23. The van der Waals surface area contributed by atoms with Gasteiger partial charge in [-0.3, -0.25) is 4.90 Å². The molecule has 14 heavy (non-hydrogen) atoms. The molecule has 0 aromatic carbocycles. The Morgan fingerprint density at radius 2 is 2.43 bits per heavy atom. The number of carbonyl (C=O) groups excluding carboxylic acids is 1. The van der Waals surface area contributed by atoms with Crippen molar-refractivity contribution in [3.63, 3.8) is 0 Å². The van der Waals surface area contributed by atoms with Crippen LogP contribution in [0.3, 0.4) is 0 Å². The van der Waals surface area contributed by atoms with Gasteiger partial charge in [-0.25, -0.2) is 9.18 Å². The average Bonchev–Trinajstić information content (AvgIpc) is 2.61. The van der Waals surface area contributed by atoms with E-state index in [9.17, 15) is 9.18 Å². The number of hydrogen-bond acceptors (Lipinski definition) is 2. The van der Waals surface area contributed by atoms with Gasteiger partial charge in [0, 0.05) is 5.70 Å². The van der Waals surface area contributed by atoms with Crippen molar-refractivity contribution in [3.05, 3.63) is 23.9 Å². The van der Waals surface area contributed by atoms with E-state index in [0.29, 0.717) is 0 Å². The van der Waals surface area contributed by atoms with Crippen molar-refractivity contribution in [3.8, 4) is 0 Å². The molecule has 4 heteroatoms. The second-order valence-corrected chi connectivity index (χ2v) is 3.36. The fraction of sp³-hybridized carbons (Fsp3) is 0.500. The van der Waals surface area contributed by atoms with Gasteiger partial charge in [0.15, 0.2) is 0 Å². The van der Waals surface area contributed by atoms with Crippen LogP contribution in [0.4, 0.5) is 9.18 Å². The third kappa shape index (κ3) is 1.52. The van der Waals surface area contributed by atoms with E-state index in [1.165, 1.54) is 4.90 Å². The first-order chi connectivity index (χ1) is 6.83. The monoisotopic (exact) mass is 197 g/mol. The van der Waals surface area contributed by atoms with E-state index in [4.69, 9.17) is 4.74 Å². The number of halogens is 1. The first-order valence-electron chi connectivity index (χ1n) is 4.71. The van der Waals surface area contributed by atoms with Crippen LogP contribution in [0.1, 0.15) is 12.8 Å². The van der Waals surface area contributed by atoms with Gasteiger partial charge in [-0.15, -0.1) is 0 Å². The van der Waals surface area contributed by atoms with E-state index >= 15 is 0 Å². The van der Waals surface area contributed by atoms with Gasteiger partial charge in [0.2, 0.25) is 0 Å². The lowest BCUT2D eigenvalue weighted by molar-refractivity contribution is 0.164. The molecule has 0 aromatic rings. The number of carbonyl (C=O) groups is 1. The standard InChI is InChI=1S/C10H12FNO2/c11-6-9-7-14-10(13)12(9)8-4-2-1-3-5-8/h2,4-5,9H,1,3,6-7H2/t9-/m1/s1. The summed E-state index contributed by atoms with van der Waals surface area (Å²) >= 11 is 0. The van der Waals surface area contributed by atoms with Crippen LogP contribution in [0.15, 0.2) is 23.9 Å². The minimum absolute atomic E-state index is 0.153.